The van der Waals surface area contributed by atoms with Crippen molar-refractivity contribution < 1.29 is 0 Å². The van der Waals surface area contributed by atoms with Crippen LogP contribution in [0.3, 0.4) is 0 Å². The van der Waals surface area contributed by atoms with Crippen molar-refractivity contribution >= 4 is 33.2 Å². The highest BCUT2D eigenvalue weighted by atomic mass is 79.9. The second-order valence-corrected chi connectivity index (χ2v) is 5.42. The average Bonchev–Trinajstić information content (AvgIpc) is 1.94. The van der Waals surface area contributed by atoms with E-state index in [4.69, 9.17) is 17.3 Å². The van der Waals surface area contributed by atoms with Gasteiger partial charge >= 0.3 is 0 Å². The summed E-state index contributed by atoms with van der Waals surface area (Å²) in [4.78, 5) is 0. The van der Waals surface area contributed by atoms with E-state index in [0.717, 1.165) is 10.0 Å². The number of rotatable bonds is 0. The summed E-state index contributed by atoms with van der Waals surface area (Å²) in [5.41, 5.74) is 7.66. The van der Waals surface area contributed by atoms with Gasteiger partial charge in [-0.25, -0.2) is 0 Å². The highest BCUT2D eigenvalue weighted by molar-refractivity contribution is 9.10. The van der Waals surface area contributed by atoms with E-state index in [1.165, 1.54) is 0 Å². The lowest BCUT2D eigenvalue weighted by molar-refractivity contribution is 0.592. The molecule has 0 atom stereocenters. The topological polar surface area (TPSA) is 26.0 Å². The van der Waals surface area contributed by atoms with Gasteiger partial charge in [-0.15, -0.1) is 0 Å². The van der Waals surface area contributed by atoms with Gasteiger partial charge in [-0.05, 0) is 23.1 Å². The van der Waals surface area contributed by atoms with Crippen LogP contribution in [0.2, 0.25) is 5.02 Å². The summed E-state index contributed by atoms with van der Waals surface area (Å²) in [5, 5.41) is 0.610. The summed E-state index contributed by atoms with van der Waals surface area (Å²) in [7, 11) is 0. The van der Waals surface area contributed by atoms with Gasteiger partial charge in [-0.3, -0.25) is 0 Å². The molecule has 0 aliphatic rings. The van der Waals surface area contributed by atoms with Crippen LogP contribution in [0.5, 0.6) is 0 Å². The van der Waals surface area contributed by atoms with E-state index >= 15 is 0 Å². The van der Waals surface area contributed by atoms with Gasteiger partial charge in [0.25, 0.3) is 0 Å². The Morgan fingerprint density at radius 3 is 2.31 bits per heavy atom. The molecule has 0 spiro atoms. The predicted molar refractivity (Wildman–Crippen MR) is 62.3 cm³/mol. The van der Waals surface area contributed by atoms with E-state index < -0.39 is 0 Å². The highest BCUT2D eigenvalue weighted by Gasteiger charge is 2.18. The summed E-state index contributed by atoms with van der Waals surface area (Å²) in [5.74, 6) is 0. The summed E-state index contributed by atoms with van der Waals surface area (Å²) < 4.78 is 0.969. The first-order valence-electron chi connectivity index (χ1n) is 4.07. The minimum absolute atomic E-state index is 0.0253. The van der Waals surface area contributed by atoms with E-state index in [2.05, 4.69) is 36.7 Å². The zero-order chi connectivity index (χ0) is 10.2. The lowest BCUT2D eigenvalue weighted by Gasteiger charge is -2.22. The fraction of sp³-hybridized carbons (Fsp3) is 0.400. The number of benzene rings is 1. The largest absolute Gasteiger partial charge is 0.397 e. The molecule has 0 radical (unpaired) electrons. The first-order chi connectivity index (χ1) is 5.82. The second kappa shape index (κ2) is 3.50. The predicted octanol–water partition coefficient (Wildman–Crippen LogP) is 3.98. The minimum atomic E-state index is 0.0253. The molecule has 0 unspecified atom stereocenters. The molecule has 0 fully saturated rings. The molecule has 1 aromatic rings. The maximum absolute atomic E-state index is 5.97. The second-order valence-electron chi connectivity index (χ2n) is 4.10. The molecule has 0 saturated heterocycles. The first-order valence-corrected chi connectivity index (χ1v) is 5.24. The third kappa shape index (κ3) is 2.38. The van der Waals surface area contributed by atoms with Crippen molar-refractivity contribution in [1.82, 2.24) is 0 Å². The number of nitrogen functional groups attached to an aromatic ring is 1. The molecule has 1 aromatic carbocycles. The van der Waals surface area contributed by atoms with Gasteiger partial charge in [0, 0.05) is 4.47 Å². The van der Waals surface area contributed by atoms with Crippen LogP contribution in [-0.2, 0) is 5.41 Å². The van der Waals surface area contributed by atoms with Crippen molar-refractivity contribution in [3.63, 3.8) is 0 Å². The summed E-state index contributed by atoms with van der Waals surface area (Å²) in [6.45, 7) is 6.34. The maximum Gasteiger partial charge on any atom is 0.0649 e. The smallest absolute Gasteiger partial charge is 0.0649 e. The van der Waals surface area contributed by atoms with Crippen molar-refractivity contribution in [2.75, 3.05) is 5.73 Å². The van der Waals surface area contributed by atoms with Crippen molar-refractivity contribution in [3.8, 4) is 0 Å². The molecule has 0 saturated carbocycles. The summed E-state index contributed by atoms with van der Waals surface area (Å²) in [6, 6.07) is 3.83. The fourth-order valence-electron chi connectivity index (χ4n) is 1.21. The van der Waals surface area contributed by atoms with E-state index in [-0.39, 0.29) is 5.41 Å². The monoisotopic (exact) mass is 261 g/mol. The zero-order valence-electron chi connectivity index (χ0n) is 7.99. The van der Waals surface area contributed by atoms with Crippen molar-refractivity contribution in [2.45, 2.75) is 26.2 Å². The normalized spacial score (nSPS) is 11.8. The number of hydrogen-bond acceptors (Lipinski definition) is 1. The lowest BCUT2D eigenvalue weighted by Crippen LogP contribution is -2.14. The Morgan fingerprint density at radius 1 is 1.31 bits per heavy atom. The fourth-order valence-corrected chi connectivity index (χ4v) is 2.01. The Morgan fingerprint density at radius 2 is 1.85 bits per heavy atom. The van der Waals surface area contributed by atoms with Gasteiger partial charge in [0.2, 0.25) is 0 Å². The molecule has 0 aliphatic heterocycles. The van der Waals surface area contributed by atoms with Crippen molar-refractivity contribution in [1.29, 1.82) is 0 Å². The number of hydrogen-bond donors (Lipinski definition) is 1. The van der Waals surface area contributed by atoms with Gasteiger partial charge < -0.3 is 5.73 Å². The van der Waals surface area contributed by atoms with Crippen LogP contribution < -0.4 is 5.73 Å². The standard InChI is InChI=1S/C10H13BrClN/c1-10(2,3)7-4-6(11)5-8(12)9(7)13/h4-5H,13H2,1-3H3. The molecule has 72 valence electrons. The highest BCUT2D eigenvalue weighted by Crippen LogP contribution is 2.35. The third-order valence-corrected chi connectivity index (χ3v) is 2.67. The Labute approximate surface area is 92.4 Å². The Bertz CT molecular complexity index is 328. The minimum Gasteiger partial charge on any atom is -0.397 e. The SMILES string of the molecule is CC(C)(C)c1cc(Br)cc(Cl)c1N. The maximum atomic E-state index is 5.97. The van der Waals surface area contributed by atoms with Gasteiger partial charge in [-0.1, -0.05) is 48.3 Å². The summed E-state index contributed by atoms with van der Waals surface area (Å²) in [6.07, 6.45) is 0. The van der Waals surface area contributed by atoms with Crippen LogP contribution in [-0.4, -0.2) is 0 Å². The molecule has 3 heteroatoms. The Hall–Kier alpha value is -0.210. The van der Waals surface area contributed by atoms with Crippen LogP contribution in [0.15, 0.2) is 16.6 Å². The average molecular weight is 263 g/mol. The van der Waals surface area contributed by atoms with Crippen LogP contribution in [0.4, 0.5) is 5.69 Å². The van der Waals surface area contributed by atoms with Gasteiger partial charge in [0.15, 0.2) is 0 Å². The molecule has 0 amide bonds. The molecule has 0 heterocycles. The van der Waals surface area contributed by atoms with Gasteiger partial charge in [0.1, 0.15) is 0 Å². The van der Waals surface area contributed by atoms with Crippen LogP contribution in [0.25, 0.3) is 0 Å². The Balaban J connectivity index is 3.37. The number of anilines is 1. The van der Waals surface area contributed by atoms with Crippen LogP contribution >= 0.6 is 27.5 Å². The molecule has 0 aliphatic carbocycles. The number of halogens is 2. The van der Waals surface area contributed by atoms with E-state index in [1.54, 1.807) is 0 Å². The van der Waals surface area contributed by atoms with E-state index in [0.29, 0.717) is 10.7 Å². The summed E-state index contributed by atoms with van der Waals surface area (Å²) >= 11 is 9.37. The van der Waals surface area contributed by atoms with Crippen LogP contribution in [0, 0.1) is 0 Å². The first kappa shape index (κ1) is 10.9. The van der Waals surface area contributed by atoms with Crippen molar-refractivity contribution in [3.05, 3.63) is 27.2 Å². The molecule has 0 aromatic heterocycles. The molecular weight excluding hydrogens is 249 g/mol. The molecular formula is C10H13BrClN. The van der Waals surface area contributed by atoms with E-state index in [9.17, 15) is 0 Å². The molecule has 1 nitrogen and oxygen atoms in total. The number of nitrogens with two attached hydrogens (primary N) is 1. The molecule has 2 N–H and O–H groups in total. The van der Waals surface area contributed by atoms with Crippen LogP contribution in [0.1, 0.15) is 26.3 Å². The third-order valence-electron chi connectivity index (χ3n) is 1.90. The molecule has 0 bridgehead atoms. The molecule has 1 rings (SSSR count). The van der Waals surface area contributed by atoms with Gasteiger partial charge in [-0.2, -0.15) is 0 Å². The zero-order valence-corrected chi connectivity index (χ0v) is 10.3. The lowest BCUT2D eigenvalue weighted by atomic mass is 9.86. The van der Waals surface area contributed by atoms with Crippen molar-refractivity contribution in [2.24, 2.45) is 0 Å². The Kier molecular flexibility index (Phi) is 2.93. The van der Waals surface area contributed by atoms with Gasteiger partial charge in [0.05, 0.1) is 10.7 Å². The molecule has 13 heavy (non-hydrogen) atoms. The quantitative estimate of drug-likeness (QED) is 0.703. The van der Waals surface area contributed by atoms with E-state index in [1.807, 2.05) is 12.1 Å².